The Morgan fingerprint density at radius 1 is 1.35 bits per heavy atom. The van der Waals surface area contributed by atoms with Crippen molar-refractivity contribution in [3.8, 4) is 11.5 Å². The molecule has 0 bridgehead atoms. The number of carboxylic acids is 1. The van der Waals surface area contributed by atoms with Gasteiger partial charge in [0.2, 0.25) is 0 Å². The van der Waals surface area contributed by atoms with Gasteiger partial charge in [-0.15, -0.1) is 0 Å². The van der Waals surface area contributed by atoms with Gasteiger partial charge in [0.25, 0.3) is 0 Å². The van der Waals surface area contributed by atoms with Gasteiger partial charge in [-0.1, -0.05) is 20.8 Å². The van der Waals surface area contributed by atoms with Crippen molar-refractivity contribution < 1.29 is 19.7 Å². The van der Waals surface area contributed by atoms with E-state index in [1.165, 1.54) is 6.07 Å². The SMILES string of the molecule is CCOc1cc(C(=O)O)c(O)c(C(C)(C)C)c1. The standard InChI is InChI=1S/C13H18O4/c1-5-17-8-6-9(12(15)16)11(14)10(7-8)13(2,3)4/h6-7,14H,5H2,1-4H3,(H,15,16). The molecule has 0 saturated heterocycles. The van der Waals surface area contributed by atoms with Gasteiger partial charge >= 0.3 is 5.97 Å². The summed E-state index contributed by atoms with van der Waals surface area (Å²) in [6, 6.07) is 3.03. The molecule has 0 unspecified atom stereocenters. The molecular weight excluding hydrogens is 220 g/mol. The molecule has 0 fully saturated rings. The number of hydrogen-bond donors (Lipinski definition) is 2. The van der Waals surface area contributed by atoms with Crippen molar-refractivity contribution in [2.45, 2.75) is 33.1 Å². The fourth-order valence-corrected chi connectivity index (χ4v) is 1.59. The highest BCUT2D eigenvalue weighted by Gasteiger charge is 2.24. The Kier molecular flexibility index (Phi) is 3.66. The molecule has 1 aromatic rings. The van der Waals surface area contributed by atoms with E-state index in [1.54, 1.807) is 6.07 Å². The topological polar surface area (TPSA) is 66.8 Å². The zero-order valence-corrected chi connectivity index (χ0v) is 10.6. The van der Waals surface area contributed by atoms with Crippen LogP contribution < -0.4 is 4.74 Å². The first-order valence-corrected chi connectivity index (χ1v) is 5.51. The van der Waals surface area contributed by atoms with E-state index in [0.29, 0.717) is 17.9 Å². The molecule has 0 atom stereocenters. The van der Waals surface area contributed by atoms with Crippen LogP contribution in [0.1, 0.15) is 43.6 Å². The van der Waals surface area contributed by atoms with Crippen molar-refractivity contribution in [1.29, 1.82) is 0 Å². The Balaban J connectivity index is 3.43. The Hall–Kier alpha value is -1.71. The molecule has 2 N–H and O–H groups in total. The van der Waals surface area contributed by atoms with Crippen LogP contribution in [0, 0.1) is 0 Å². The van der Waals surface area contributed by atoms with Gasteiger partial charge in [0, 0.05) is 5.56 Å². The molecule has 0 saturated carbocycles. The van der Waals surface area contributed by atoms with Crippen LogP contribution in [-0.2, 0) is 5.41 Å². The number of hydrogen-bond acceptors (Lipinski definition) is 3. The van der Waals surface area contributed by atoms with E-state index in [1.807, 2.05) is 27.7 Å². The molecule has 4 nitrogen and oxygen atoms in total. The van der Waals surface area contributed by atoms with Crippen molar-refractivity contribution in [3.05, 3.63) is 23.3 Å². The monoisotopic (exact) mass is 238 g/mol. The molecule has 0 spiro atoms. The maximum Gasteiger partial charge on any atom is 0.339 e. The molecule has 0 aromatic heterocycles. The molecule has 1 aromatic carbocycles. The Morgan fingerprint density at radius 3 is 2.35 bits per heavy atom. The maximum atomic E-state index is 11.0. The molecule has 0 heterocycles. The van der Waals surface area contributed by atoms with E-state index < -0.39 is 5.97 Å². The summed E-state index contributed by atoms with van der Waals surface area (Å²) in [5.74, 6) is -0.879. The summed E-state index contributed by atoms with van der Waals surface area (Å²) in [4.78, 5) is 11.0. The van der Waals surface area contributed by atoms with Gasteiger partial charge in [0.05, 0.1) is 6.61 Å². The Labute approximate surface area is 101 Å². The van der Waals surface area contributed by atoms with Crippen molar-refractivity contribution in [2.75, 3.05) is 6.61 Å². The van der Waals surface area contributed by atoms with Crippen LogP contribution in [0.3, 0.4) is 0 Å². The Morgan fingerprint density at radius 2 is 1.94 bits per heavy atom. The van der Waals surface area contributed by atoms with Gasteiger partial charge in [-0.2, -0.15) is 0 Å². The van der Waals surface area contributed by atoms with E-state index >= 15 is 0 Å². The third-order valence-corrected chi connectivity index (χ3v) is 2.43. The zero-order chi connectivity index (χ0) is 13.2. The molecule has 0 amide bonds. The predicted octanol–water partition coefficient (Wildman–Crippen LogP) is 2.79. The van der Waals surface area contributed by atoms with Crippen LogP contribution in [0.15, 0.2) is 12.1 Å². The number of aromatic hydroxyl groups is 1. The lowest BCUT2D eigenvalue weighted by atomic mass is 9.85. The van der Waals surface area contributed by atoms with Gasteiger partial charge < -0.3 is 14.9 Å². The van der Waals surface area contributed by atoms with Crippen LogP contribution in [0.4, 0.5) is 0 Å². The summed E-state index contributed by atoms with van der Waals surface area (Å²) in [7, 11) is 0. The maximum absolute atomic E-state index is 11.0. The minimum Gasteiger partial charge on any atom is -0.507 e. The first-order chi connectivity index (χ1) is 7.77. The smallest absolute Gasteiger partial charge is 0.339 e. The number of carbonyl (C=O) groups is 1. The molecule has 0 aliphatic rings. The molecular formula is C13H18O4. The lowest BCUT2D eigenvalue weighted by Gasteiger charge is -2.22. The number of aromatic carboxylic acids is 1. The second-order valence-electron chi connectivity index (χ2n) is 4.86. The summed E-state index contributed by atoms with van der Waals surface area (Å²) in [5, 5.41) is 19.0. The van der Waals surface area contributed by atoms with E-state index in [2.05, 4.69) is 0 Å². The van der Waals surface area contributed by atoms with Crippen molar-refractivity contribution in [1.82, 2.24) is 0 Å². The fourth-order valence-electron chi connectivity index (χ4n) is 1.59. The lowest BCUT2D eigenvalue weighted by Crippen LogP contribution is -2.14. The van der Waals surface area contributed by atoms with E-state index in [4.69, 9.17) is 9.84 Å². The third-order valence-electron chi connectivity index (χ3n) is 2.43. The first kappa shape index (κ1) is 13.4. The summed E-state index contributed by atoms with van der Waals surface area (Å²) >= 11 is 0. The quantitative estimate of drug-likeness (QED) is 0.849. The molecule has 17 heavy (non-hydrogen) atoms. The Bertz CT molecular complexity index is 430. The normalized spacial score (nSPS) is 11.3. The fraction of sp³-hybridized carbons (Fsp3) is 0.462. The van der Waals surface area contributed by atoms with Gasteiger partial charge in [-0.3, -0.25) is 0 Å². The number of carboxylic acid groups (broad SMARTS) is 1. The second kappa shape index (κ2) is 4.65. The van der Waals surface area contributed by atoms with Gasteiger partial charge in [0.15, 0.2) is 0 Å². The average molecular weight is 238 g/mol. The predicted molar refractivity (Wildman–Crippen MR) is 64.9 cm³/mol. The summed E-state index contributed by atoms with van der Waals surface area (Å²) in [6.07, 6.45) is 0. The largest absolute Gasteiger partial charge is 0.507 e. The molecule has 4 heteroatoms. The first-order valence-electron chi connectivity index (χ1n) is 5.51. The molecule has 0 aliphatic carbocycles. The summed E-state index contributed by atoms with van der Waals surface area (Å²) < 4.78 is 5.31. The van der Waals surface area contributed by atoms with Crippen molar-refractivity contribution in [3.63, 3.8) is 0 Å². The van der Waals surface area contributed by atoms with Crippen LogP contribution in [0.25, 0.3) is 0 Å². The van der Waals surface area contributed by atoms with Gasteiger partial charge in [-0.25, -0.2) is 4.79 Å². The number of phenols is 1. The molecule has 0 radical (unpaired) electrons. The van der Waals surface area contributed by atoms with Crippen molar-refractivity contribution in [2.24, 2.45) is 0 Å². The van der Waals surface area contributed by atoms with Crippen LogP contribution in [0.2, 0.25) is 0 Å². The minimum absolute atomic E-state index is 0.124. The molecule has 0 aliphatic heterocycles. The third kappa shape index (κ3) is 2.90. The average Bonchev–Trinajstić information content (AvgIpc) is 2.18. The highest BCUT2D eigenvalue weighted by atomic mass is 16.5. The van der Waals surface area contributed by atoms with E-state index in [9.17, 15) is 9.90 Å². The van der Waals surface area contributed by atoms with E-state index in [0.717, 1.165) is 0 Å². The number of rotatable bonds is 3. The lowest BCUT2D eigenvalue weighted by molar-refractivity contribution is 0.0693. The van der Waals surface area contributed by atoms with E-state index in [-0.39, 0.29) is 16.7 Å². The zero-order valence-electron chi connectivity index (χ0n) is 10.6. The minimum atomic E-state index is -1.16. The molecule has 1 rings (SSSR count). The highest BCUT2D eigenvalue weighted by Crippen LogP contribution is 2.36. The van der Waals surface area contributed by atoms with Crippen LogP contribution in [-0.4, -0.2) is 22.8 Å². The summed E-state index contributed by atoms with van der Waals surface area (Å²) in [6.45, 7) is 7.99. The van der Waals surface area contributed by atoms with Crippen molar-refractivity contribution >= 4 is 5.97 Å². The second-order valence-corrected chi connectivity index (χ2v) is 4.86. The van der Waals surface area contributed by atoms with Crippen LogP contribution >= 0.6 is 0 Å². The highest BCUT2D eigenvalue weighted by molar-refractivity contribution is 5.92. The molecule has 94 valence electrons. The summed E-state index contributed by atoms with van der Waals surface area (Å²) in [5.41, 5.74) is 0.100. The number of ether oxygens (including phenoxy) is 1. The van der Waals surface area contributed by atoms with Gasteiger partial charge in [-0.05, 0) is 24.5 Å². The number of benzene rings is 1. The van der Waals surface area contributed by atoms with Crippen LogP contribution in [0.5, 0.6) is 11.5 Å². The van der Waals surface area contributed by atoms with Gasteiger partial charge in [0.1, 0.15) is 17.1 Å².